The SMILES string of the molecule is CC[n+]1ccc(CN)cc1. The predicted molar refractivity (Wildman–Crippen MR) is 40.2 cm³/mol. The van der Waals surface area contributed by atoms with Crippen LogP contribution in [0, 0.1) is 0 Å². The van der Waals surface area contributed by atoms with Gasteiger partial charge in [-0.25, -0.2) is 4.57 Å². The Morgan fingerprint density at radius 2 is 2.00 bits per heavy atom. The summed E-state index contributed by atoms with van der Waals surface area (Å²) in [5, 5.41) is 0. The van der Waals surface area contributed by atoms with Crippen molar-refractivity contribution in [2.24, 2.45) is 5.73 Å². The van der Waals surface area contributed by atoms with Crippen LogP contribution in [-0.4, -0.2) is 0 Å². The van der Waals surface area contributed by atoms with Crippen LogP contribution in [-0.2, 0) is 13.1 Å². The molecule has 2 N–H and O–H groups in total. The minimum Gasteiger partial charge on any atom is -0.326 e. The van der Waals surface area contributed by atoms with Gasteiger partial charge in [0, 0.05) is 18.7 Å². The first kappa shape index (κ1) is 7.22. The maximum absolute atomic E-state index is 5.43. The van der Waals surface area contributed by atoms with Gasteiger partial charge in [0.05, 0.1) is 0 Å². The third kappa shape index (κ3) is 1.54. The van der Waals surface area contributed by atoms with Gasteiger partial charge in [-0.2, -0.15) is 0 Å². The van der Waals surface area contributed by atoms with Crippen LogP contribution in [0.25, 0.3) is 0 Å². The van der Waals surface area contributed by atoms with E-state index in [9.17, 15) is 0 Å². The molecule has 0 aromatic carbocycles. The summed E-state index contributed by atoms with van der Waals surface area (Å²) in [5.74, 6) is 0. The summed E-state index contributed by atoms with van der Waals surface area (Å²) in [4.78, 5) is 0. The Hall–Kier alpha value is -0.890. The lowest BCUT2D eigenvalue weighted by Crippen LogP contribution is -2.30. The highest BCUT2D eigenvalue weighted by Crippen LogP contribution is 1.90. The molecule has 0 radical (unpaired) electrons. The van der Waals surface area contributed by atoms with E-state index in [-0.39, 0.29) is 0 Å². The van der Waals surface area contributed by atoms with E-state index in [0.29, 0.717) is 6.54 Å². The Balaban J connectivity index is 2.80. The zero-order valence-corrected chi connectivity index (χ0v) is 6.25. The van der Waals surface area contributed by atoms with Crippen molar-refractivity contribution in [1.82, 2.24) is 0 Å². The van der Waals surface area contributed by atoms with E-state index in [2.05, 4.69) is 11.5 Å². The first-order chi connectivity index (χ1) is 4.86. The van der Waals surface area contributed by atoms with Crippen LogP contribution >= 0.6 is 0 Å². The average Bonchev–Trinajstić information content (AvgIpc) is 2.05. The lowest BCUT2D eigenvalue weighted by Gasteiger charge is -1.93. The lowest BCUT2D eigenvalue weighted by molar-refractivity contribution is -0.693. The molecule has 1 aromatic rings. The van der Waals surface area contributed by atoms with Crippen LogP contribution in [0.5, 0.6) is 0 Å². The summed E-state index contributed by atoms with van der Waals surface area (Å²) in [6, 6.07) is 4.09. The largest absolute Gasteiger partial charge is 0.326 e. The lowest BCUT2D eigenvalue weighted by atomic mass is 10.3. The fraction of sp³-hybridized carbons (Fsp3) is 0.375. The molecule has 0 spiro atoms. The fourth-order valence-corrected chi connectivity index (χ4v) is 0.835. The van der Waals surface area contributed by atoms with Gasteiger partial charge in [0.25, 0.3) is 0 Å². The van der Waals surface area contributed by atoms with Crippen LogP contribution in [0.4, 0.5) is 0 Å². The number of pyridine rings is 1. The number of hydrogen-bond donors (Lipinski definition) is 1. The summed E-state index contributed by atoms with van der Waals surface area (Å²) < 4.78 is 2.11. The van der Waals surface area contributed by atoms with E-state index in [1.54, 1.807) is 0 Å². The molecule has 0 atom stereocenters. The van der Waals surface area contributed by atoms with Crippen LogP contribution in [0.3, 0.4) is 0 Å². The van der Waals surface area contributed by atoms with Gasteiger partial charge >= 0.3 is 0 Å². The van der Waals surface area contributed by atoms with Gasteiger partial charge in [-0.05, 0) is 12.5 Å². The maximum atomic E-state index is 5.43. The Labute approximate surface area is 61.3 Å². The standard InChI is InChI=1S/C8H13N2/c1-2-10-5-3-8(7-9)4-6-10/h3-6H,2,7,9H2,1H3/q+1. The van der Waals surface area contributed by atoms with Crippen molar-refractivity contribution < 1.29 is 4.57 Å². The van der Waals surface area contributed by atoms with Gasteiger partial charge in [0.2, 0.25) is 0 Å². The van der Waals surface area contributed by atoms with E-state index in [0.717, 1.165) is 6.54 Å². The van der Waals surface area contributed by atoms with E-state index in [1.807, 2.05) is 24.5 Å². The van der Waals surface area contributed by atoms with Gasteiger partial charge in [-0.3, -0.25) is 0 Å². The Bertz CT molecular complexity index is 168. The van der Waals surface area contributed by atoms with Crippen LogP contribution in [0.2, 0.25) is 0 Å². The zero-order valence-electron chi connectivity index (χ0n) is 6.25. The molecule has 1 aromatic heterocycles. The smallest absolute Gasteiger partial charge is 0.169 e. The van der Waals surface area contributed by atoms with Crippen LogP contribution in [0.1, 0.15) is 12.5 Å². The first-order valence-electron chi connectivity index (χ1n) is 3.55. The van der Waals surface area contributed by atoms with Gasteiger partial charge in [0.15, 0.2) is 12.4 Å². The van der Waals surface area contributed by atoms with E-state index in [4.69, 9.17) is 5.73 Å². The maximum Gasteiger partial charge on any atom is 0.169 e. The number of nitrogens with two attached hydrogens (primary N) is 1. The number of rotatable bonds is 2. The molecule has 0 unspecified atom stereocenters. The second-order valence-corrected chi connectivity index (χ2v) is 2.24. The minimum absolute atomic E-state index is 0.630. The topological polar surface area (TPSA) is 29.9 Å². The molecule has 0 aliphatic carbocycles. The summed E-state index contributed by atoms with van der Waals surface area (Å²) in [6.45, 7) is 3.76. The Morgan fingerprint density at radius 3 is 2.40 bits per heavy atom. The number of aryl methyl sites for hydroxylation is 1. The molecular formula is C8H13N2+. The molecule has 0 amide bonds. The van der Waals surface area contributed by atoms with Crippen molar-refractivity contribution in [3.05, 3.63) is 30.1 Å². The van der Waals surface area contributed by atoms with Crippen molar-refractivity contribution in [2.45, 2.75) is 20.0 Å². The van der Waals surface area contributed by atoms with Gasteiger partial charge in [-0.1, -0.05) is 0 Å². The molecule has 2 nitrogen and oxygen atoms in total. The molecule has 1 rings (SSSR count). The van der Waals surface area contributed by atoms with E-state index in [1.165, 1.54) is 5.56 Å². The van der Waals surface area contributed by atoms with Crippen LogP contribution < -0.4 is 10.3 Å². The molecule has 1 heterocycles. The van der Waals surface area contributed by atoms with Gasteiger partial charge in [-0.15, -0.1) is 0 Å². The van der Waals surface area contributed by atoms with Gasteiger partial charge < -0.3 is 5.73 Å². The summed E-state index contributed by atoms with van der Waals surface area (Å²) in [7, 11) is 0. The third-order valence-electron chi connectivity index (χ3n) is 1.56. The fourth-order valence-electron chi connectivity index (χ4n) is 0.835. The van der Waals surface area contributed by atoms with Crippen molar-refractivity contribution in [3.63, 3.8) is 0 Å². The van der Waals surface area contributed by atoms with Crippen molar-refractivity contribution in [3.8, 4) is 0 Å². The molecule has 0 saturated heterocycles. The Morgan fingerprint density at radius 1 is 1.40 bits per heavy atom. The average molecular weight is 137 g/mol. The number of nitrogens with zero attached hydrogens (tertiary/aromatic N) is 1. The predicted octanol–water partition coefficient (Wildman–Crippen LogP) is 0.453. The Kier molecular flexibility index (Phi) is 2.40. The van der Waals surface area contributed by atoms with Crippen molar-refractivity contribution >= 4 is 0 Å². The van der Waals surface area contributed by atoms with E-state index >= 15 is 0 Å². The second kappa shape index (κ2) is 3.32. The molecule has 0 aliphatic rings. The highest BCUT2D eigenvalue weighted by atomic mass is 14.9. The molecule has 2 heteroatoms. The van der Waals surface area contributed by atoms with Crippen molar-refractivity contribution in [1.29, 1.82) is 0 Å². The quantitative estimate of drug-likeness (QED) is 0.589. The molecule has 0 bridgehead atoms. The molecule has 10 heavy (non-hydrogen) atoms. The monoisotopic (exact) mass is 137 g/mol. The molecule has 0 saturated carbocycles. The zero-order chi connectivity index (χ0) is 7.40. The highest BCUT2D eigenvalue weighted by Gasteiger charge is 1.93. The summed E-state index contributed by atoms with van der Waals surface area (Å²) in [5.41, 5.74) is 6.62. The first-order valence-corrected chi connectivity index (χ1v) is 3.55. The number of aromatic nitrogens is 1. The summed E-state index contributed by atoms with van der Waals surface area (Å²) >= 11 is 0. The third-order valence-corrected chi connectivity index (χ3v) is 1.56. The number of hydrogen-bond acceptors (Lipinski definition) is 1. The second-order valence-electron chi connectivity index (χ2n) is 2.24. The highest BCUT2D eigenvalue weighted by molar-refractivity contribution is 5.05. The normalized spacial score (nSPS) is 9.80. The minimum atomic E-state index is 0.630. The van der Waals surface area contributed by atoms with Gasteiger partial charge in [0.1, 0.15) is 6.54 Å². The summed E-state index contributed by atoms with van der Waals surface area (Å²) in [6.07, 6.45) is 4.09. The van der Waals surface area contributed by atoms with E-state index < -0.39 is 0 Å². The molecule has 0 aliphatic heterocycles. The van der Waals surface area contributed by atoms with Crippen LogP contribution in [0.15, 0.2) is 24.5 Å². The molecule has 54 valence electrons. The molecular weight excluding hydrogens is 124 g/mol. The van der Waals surface area contributed by atoms with Crippen molar-refractivity contribution in [2.75, 3.05) is 0 Å². The molecule has 0 fully saturated rings.